The van der Waals surface area contributed by atoms with Crippen LogP contribution in [0.5, 0.6) is 0 Å². The predicted molar refractivity (Wildman–Crippen MR) is 85.9 cm³/mol. The topological polar surface area (TPSA) is 63.5 Å². The number of hydrogen-bond donors (Lipinski definition) is 0. The smallest absolute Gasteiger partial charge is 0.270 e. The van der Waals surface area contributed by atoms with Crippen molar-refractivity contribution in [2.24, 2.45) is 0 Å². The fourth-order valence-corrected chi connectivity index (χ4v) is 2.76. The van der Waals surface area contributed by atoms with Gasteiger partial charge in [-0.15, -0.1) is 0 Å². The van der Waals surface area contributed by atoms with E-state index in [0.29, 0.717) is 12.0 Å². The van der Waals surface area contributed by atoms with Crippen LogP contribution in [-0.4, -0.2) is 35.2 Å². The standard InChI is InChI=1S/C17H23N2O3/c20-17(15-8-7-9-16(14-15)19(21)22)10-3-1-4-11-18-12-5-2-6-13-18/h2,7-9,14H,1,3-6,10-13H2. The number of carbonyl (C=O) groups is 1. The Hall–Kier alpha value is -1.75. The van der Waals surface area contributed by atoms with Crippen molar-refractivity contribution in [3.05, 3.63) is 46.4 Å². The maximum Gasteiger partial charge on any atom is 0.270 e. The number of carbonyl (C=O) groups excluding carboxylic acids is 1. The molecule has 1 heterocycles. The van der Waals surface area contributed by atoms with E-state index in [-0.39, 0.29) is 11.5 Å². The summed E-state index contributed by atoms with van der Waals surface area (Å²) >= 11 is 0. The molecule has 0 amide bonds. The SMILES string of the molecule is O=C(CCCCCN1CC[CH]CC1)c1cccc([N+](=O)[O-])c1. The summed E-state index contributed by atoms with van der Waals surface area (Å²) in [6, 6.07) is 6.00. The fourth-order valence-electron chi connectivity index (χ4n) is 2.76. The number of rotatable bonds is 8. The van der Waals surface area contributed by atoms with E-state index in [0.717, 1.165) is 38.9 Å². The molecule has 0 unspecified atom stereocenters. The van der Waals surface area contributed by atoms with Crippen LogP contribution in [0, 0.1) is 16.5 Å². The van der Waals surface area contributed by atoms with E-state index in [1.807, 2.05) is 0 Å². The lowest BCUT2D eigenvalue weighted by Gasteiger charge is -2.26. The highest BCUT2D eigenvalue weighted by molar-refractivity contribution is 5.96. The molecular formula is C17H23N2O3. The number of nitro groups is 1. The third-order valence-corrected chi connectivity index (χ3v) is 4.06. The van der Waals surface area contributed by atoms with Crippen molar-refractivity contribution in [1.29, 1.82) is 0 Å². The zero-order valence-electron chi connectivity index (χ0n) is 12.9. The molecule has 1 aromatic carbocycles. The molecule has 0 spiro atoms. The number of ketones is 1. The molecule has 22 heavy (non-hydrogen) atoms. The number of likely N-dealkylation sites (tertiary alicyclic amines) is 1. The third kappa shape index (κ3) is 5.22. The lowest BCUT2D eigenvalue weighted by atomic mass is 10.0. The molecule has 0 aliphatic carbocycles. The first kappa shape index (κ1) is 16.6. The summed E-state index contributed by atoms with van der Waals surface area (Å²) in [6.45, 7) is 3.43. The second-order valence-electron chi connectivity index (χ2n) is 5.75. The van der Waals surface area contributed by atoms with Crippen LogP contribution in [0.3, 0.4) is 0 Å². The van der Waals surface area contributed by atoms with E-state index in [1.54, 1.807) is 12.1 Å². The highest BCUT2D eigenvalue weighted by atomic mass is 16.6. The Morgan fingerprint density at radius 2 is 1.95 bits per heavy atom. The van der Waals surface area contributed by atoms with Crippen molar-refractivity contribution in [3.63, 3.8) is 0 Å². The largest absolute Gasteiger partial charge is 0.303 e. The first-order valence-electron chi connectivity index (χ1n) is 7.98. The highest BCUT2D eigenvalue weighted by Crippen LogP contribution is 2.16. The summed E-state index contributed by atoms with van der Waals surface area (Å²) in [5, 5.41) is 10.7. The van der Waals surface area contributed by atoms with Crippen LogP contribution in [-0.2, 0) is 0 Å². The highest BCUT2D eigenvalue weighted by Gasteiger charge is 2.12. The lowest BCUT2D eigenvalue weighted by Crippen LogP contribution is -2.30. The molecule has 2 rings (SSSR count). The molecule has 0 atom stereocenters. The number of piperidine rings is 1. The van der Waals surface area contributed by atoms with Crippen LogP contribution in [0.2, 0.25) is 0 Å². The number of nitrogens with zero attached hydrogens (tertiary/aromatic N) is 2. The molecular weight excluding hydrogens is 280 g/mol. The second kappa shape index (κ2) is 8.63. The first-order chi connectivity index (χ1) is 10.7. The average Bonchev–Trinajstić information content (AvgIpc) is 2.55. The van der Waals surface area contributed by atoms with Crippen molar-refractivity contribution in [2.45, 2.75) is 38.5 Å². The Labute approximate surface area is 131 Å². The van der Waals surface area contributed by atoms with Crippen LogP contribution < -0.4 is 0 Å². The second-order valence-corrected chi connectivity index (χ2v) is 5.75. The molecule has 1 saturated heterocycles. The molecule has 0 aromatic heterocycles. The monoisotopic (exact) mass is 303 g/mol. The normalized spacial score (nSPS) is 15.6. The third-order valence-electron chi connectivity index (χ3n) is 4.06. The Kier molecular flexibility index (Phi) is 6.52. The van der Waals surface area contributed by atoms with Gasteiger partial charge in [-0.3, -0.25) is 14.9 Å². The maximum atomic E-state index is 12.0. The number of benzene rings is 1. The van der Waals surface area contributed by atoms with Crippen molar-refractivity contribution in [1.82, 2.24) is 4.90 Å². The van der Waals surface area contributed by atoms with Crippen LogP contribution in [0.25, 0.3) is 0 Å². The van der Waals surface area contributed by atoms with Crippen molar-refractivity contribution < 1.29 is 9.72 Å². The van der Waals surface area contributed by atoms with Crippen LogP contribution in [0.15, 0.2) is 24.3 Å². The lowest BCUT2D eigenvalue weighted by molar-refractivity contribution is -0.384. The van der Waals surface area contributed by atoms with E-state index in [1.165, 1.54) is 25.0 Å². The molecule has 1 radical (unpaired) electrons. The van der Waals surface area contributed by atoms with Crippen molar-refractivity contribution in [2.75, 3.05) is 19.6 Å². The molecule has 5 nitrogen and oxygen atoms in total. The Bertz CT molecular complexity index is 510. The van der Waals surface area contributed by atoms with Crippen LogP contribution in [0.4, 0.5) is 5.69 Å². The summed E-state index contributed by atoms with van der Waals surface area (Å²) in [5.41, 5.74) is 0.425. The molecule has 0 N–H and O–H groups in total. The fraction of sp³-hybridized carbons (Fsp3) is 0.529. The maximum absolute atomic E-state index is 12.0. The van der Waals surface area contributed by atoms with E-state index in [4.69, 9.17) is 0 Å². The zero-order chi connectivity index (χ0) is 15.8. The van der Waals surface area contributed by atoms with Crippen LogP contribution >= 0.6 is 0 Å². The van der Waals surface area contributed by atoms with Gasteiger partial charge in [-0.2, -0.15) is 0 Å². The van der Waals surface area contributed by atoms with E-state index < -0.39 is 4.92 Å². The molecule has 0 bridgehead atoms. The summed E-state index contributed by atoms with van der Waals surface area (Å²) in [7, 11) is 0. The summed E-state index contributed by atoms with van der Waals surface area (Å²) in [5.74, 6) is -0.00345. The molecule has 1 fully saturated rings. The van der Waals surface area contributed by atoms with Gasteiger partial charge in [0.25, 0.3) is 5.69 Å². The van der Waals surface area contributed by atoms with E-state index in [9.17, 15) is 14.9 Å². The quantitative estimate of drug-likeness (QED) is 0.318. The van der Waals surface area contributed by atoms with E-state index in [2.05, 4.69) is 11.3 Å². The van der Waals surface area contributed by atoms with Gasteiger partial charge in [0, 0.05) is 24.1 Å². The number of hydrogen-bond acceptors (Lipinski definition) is 4. The van der Waals surface area contributed by atoms with Gasteiger partial charge in [-0.25, -0.2) is 0 Å². The number of nitro benzene ring substituents is 1. The number of Topliss-reactive ketones (excluding diaryl/α,β-unsaturated/α-hetero) is 1. The Morgan fingerprint density at radius 1 is 1.18 bits per heavy atom. The first-order valence-corrected chi connectivity index (χ1v) is 7.98. The Balaban J connectivity index is 1.67. The van der Waals surface area contributed by atoms with Gasteiger partial charge >= 0.3 is 0 Å². The minimum absolute atomic E-state index is 0.00345. The predicted octanol–water partition coefficient (Wildman–Crippen LogP) is 3.64. The number of non-ortho nitro benzene ring substituents is 1. The molecule has 1 aliphatic rings. The van der Waals surface area contributed by atoms with Gasteiger partial charge in [0.15, 0.2) is 5.78 Å². The molecule has 119 valence electrons. The summed E-state index contributed by atoms with van der Waals surface area (Å²) in [4.78, 5) is 24.8. The Morgan fingerprint density at radius 3 is 2.68 bits per heavy atom. The zero-order valence-corrected chi connectivity index (χ0v) is 12.9. The van der Waals surface area contributed by atoms with E-state index >= 15 is 0 Å². The van der Waals surface area contributed by atoms with Gasteiger partial charge < -0.3 is 4.90 Å². The van der Waals surface area contributed by atoms with Gasteiger partial charge in [0.1, 0.15) is 0 Å². The molecule has 0 saturated carbocycles. The summed E-state index contributed by atoms with van der Waals surface area (Å²) < 4.78 is 0. The van der Waals surface area contributed by atoms with Gasteiger partial charge in [-0.05, 0) is 51.7 Å². The minimum atomic E-state index is -0.465. The molecule has 1 aliphatic heterocycles. The van der Waals surface area contributed by atoms with Gasteiger partial charge in [0.05, 0.1) is 4.92 Å². The van der Waals surface area contributed by atoms with Gasteiger partial charge in [-0.1, -0.05) is 18.6 Å². The van der Waals surface area contributed by atoms with Crippen molar-refractivity contribution >= 4 is 11.5 Å². The average molecular weight is 303 g/mol. The number of unbranched alkanes of at least 4 members (excludes halogenated alkanes) is 2. The summed E-state index contributed by atoms with van der Waals surface area (Å²) in [6.07, 6.45) is 8.17. The molecule has 1 aromatic rings. The van der Waals surface area contributed by atoms with Crippen molar-refractivity contribution in [3.8, 4) is 0 Å². The minimum Gasteiger partial charge on any atom is -0.303 e. The van der Waals surface area contributed by atoms with Gasteiger partial charge in [0.2, 0.25) is 0 Å². The molecule has 5 heteroatoms. The van der Waals surface area contributed by atoms with Crippen LogP contribution in [0.1, 0.15) is 48.9 Å².